The second-order valence-electron chi connectivity index (χ2n) is 5.91. The molecule has 4 aromatic rings. The first-order valence-electron chi connectivity index (χ1n) is 8.06. The molecule has 4 rings (SSSR count). The number of amides is 1. The summed E-state index contributed by atoms with van der Waals surface area (Å²) in [5.41, 5.74) is 1.67. The Morgan fingerprint density at radius 2 is 1.96 bits per heavy atom. The Labute approximate surface area is 172 Å². The van der Waals surface area contributed by atoms with Crippen molar-refractivity contribution in [1.82, 2.24) is 10.3 Å². The number of carbonyl (C=O) groups is 1. The number of carbonyl (C=O) groups excluding carboxylic acids is 1. The number of benzene rings is 2. The lowest BCUT2D eigenvalue weighted by Crippen LogP contribution is -2.33. The van der Waals surface area contributed by atoms with Gasteiger partial charge in [-0.1, -0.05) is 0 Å². The van der Waals surface area contributed by atoms with E-state index in [0.29, 0.717) is 10.3 Å². The van der Waals surface area contributed by atoms with Gasteiger partial charge in [0.05, 0.1) is 25.0 Å². The molecule has 140 valence electrons. The zero-order valence-corrected chi connectivity index (χ0v) is 16.8. The number of hydrogen-bond acceptors (Lipinski definition) is 7. The van der Waals surface area contributed by atoms with Gasteiger partial charge in [-0.05, 0) is 49.5 Å². The Hall–Kier alpha value is -2.95. The zero-order chi connectivity index (χ0) is 19.8. The van der Waals surface area contributed by atoms with E-state index in [-0.39, 0.29) is 16.7 Å². The minimum Gasteiger partial charge on any atom is -0.332 e. The zero-order valence-electron chi connectivity index (χ0n) is 14.4. The van der Waals surface area contributed by atoms with Crippen LogP contribution in [0.2, 0.25) is 0 Å². The molecule has 2 N–H and O–H groups in total. The van der Waals surface area contributed by atoms with Crippen molar-refractivity contribution in [2.24, 2.45) is 0 Å². The van der Waals surface area contributed by atoms with Crippen molar-refractivity contribution in [2.45, 2.75) is 6.92 Å². The Bertz CT molecular complexity index is 1260. The highest BCUT2D eigenvalue weighted by molar-refractivity contribution is 7.80. The number of thiophene rings is 1. The molecule has 0 unspecified atom stereocenters. The van der Waals surface area contributed by atoms with Gasteiger partial charge in [0.2, 0.25) is 0 Å². The maximum Gasteiger partial charge on any atom is 0.270 e. The summed E-state index contributed by atoms with van der Waals surface area (Å²) in [6.45, 7) is 1.95. The summed E-state index contributed by atoms with van der Waals surface area (Å²) in [6.07, 6.45) is 0. The van der Waals surface area contributed by atoms with Gasteiger partial charge in [-0.2, -0.15) is 0 Å². The van der Waals surface area contributed by atoms with Crippen LogP contribution in [0.3, 0.4) is 0 Å². The molecule has 0 atom stereocenters. The van der Waals surface area contributed by atoms with Gasteiger partial charge >= 0.3 is 0 Å². The van der Waals surface area contributed by atoms with Crippen molar-refractivity contribution in [1.29, 1.82) is 0 Å². The minimum absolute atomic E-state index is 0.0110. The number of hydrogen-bond donors (Lipinski definition) is 2. The third-order valence-corrected chi connectivity index (χ3v) is 6.17. The SMILES string of the molecule is Cc1nc2ccc(NC(=S)NC(=O)c3cc4cc([N+](=O)[O-])ccc4s3)cc2s1. The average Bonchev–Trinajstić information content (AvgIpc) is 3.22. The predicted octanol–water partition coefficient (Wildman–Crippen LogP) is 4.85. The van der Waals surface area contributed by atoms with Crippen LogP contribution in [0.4, 0.5) is 11.4 Å². The quantitative estimate of drug-likeness (QED) is 0.275. The number of anilines is 1. The van der Waals surface area contributed by atoms with Crippen molar-refractivity contribution in [2.75, 3.05) is 5.32 Å². The van der Waals surface area contributed by atoms with E-state index in [1.807, 2.05) is 25.1 Å². The standard InChI is InChI=1S/C18H12N4O3S3/c1-9-19-13-4-2-11(8-15(13)27-9)20-18(26)21-17(23)16-7-10-6-12(22(24)25)3-5-14(10)28-16/h2-8H,1H3,(H2,20,21,23,26). The van der Waals surface area contributed by atoms with Crippen molar-refractivity contribution in [3.05, 3.63) is 62.5 Å². The highest BCUT2D eigenvalue weighted by Crippen LogP contribution is 2.29. The summed E-state index contributed by atoms with van der Waals surface area (Å²) >= 11 is 8.07. The third-order valence-electron chi connectivity index (χ3n) is 3.91. The largest absolute Gasteiger partial charge is 0.332 e. The lowest BCUT2D eigenvalue weighted by atomic mass is 10.2. The van der Waals surface area contributed by atoms with E-state index in [9.17, 15) is 14.9 Å². The average molecular weight is 429 g/mol. The van der Waals surface area contributed by atoms with Crippen LogP contribution in [-0.2, 0) is 0 Å². The molecule has 28 heavy (non-hydrogen) atoms. The Balaban J connectivity index is 1.48. The van der Waals surface area contributed by atoms with Gasteiger partial charge in [-0.3, -0.25) is 20.2 Å². The fourth-order valence-electron chi connectivity index (χ4n) is 2.70. The number of nitro benzene ring substituents is 1. The first-order valence-corrected chi connectivity index (χ1v) is 10.1. The number of non-ortho nitro benzene ring substituents is 1. The van der Waals surface area contributed by atoms with E-state index in [0.717, 1.165) is 25.6 Å². The van der Waals surface area contributed by atoms with E-state index >= 15 is 0 Å². The third kappa shape index (κ3) is 3.70. The minimum atomic E-state index is -0.461. The van der Waals surface area contributed by atoms with E-state index in [1.54, 1.807) is 23.5 Å². The van der Waals surface area contributed by atoms with Crippen LogP contribution >= 0.6 is 34.9 Å². The van der Waals surface area contributed by atoms with Gasteiger partial charge in [0.15, 0.2) is 5.11 Å². The van der Waals surface area contributed by atoms with E-state index in [1.165, 1.54) is 23.5 Å². The van der Waals surface area contributed by atoms with E-state index < -0.39 is 4.92 Å². The maximum atomic E-state index is 12.5. The van der Waals surface area contributed by atoms with Gasteiger partial charge < -0.3 is 5.32 Å². The van der Waals surface area contributed by atoms with Crippen LogP contribution in [0.5, 0.6) is 0 Å². The lowest BCUT2D eigenvalue weighted by Gasteiger charge is -2.08. The fourth-order valence-corrected chi connectivity index (χ4v) is 4.72. The molecule has 2 heterocycles. The summed E-state index contributed by atoms with van der Waals surface area (Å²) < 4.78 is 1.82. The maximum absolute atomic E-state index is 12.5. The van der Waals surface area contributed by atoms with Crippen LogP contribution in [-0.4, -0.2) is 20.9 Å². The van der Waals surface area contributed by atoms with Crippen LogP contribution in [0.25, 0.3) is 20.3 Å². The van der Waals surface area contributed by atoms with Crippen molar-refractivity contribution in [3.63, 3.8) is 0 Å². The lowest BCUT2D eigenvalue weighted by molar-refractivity contribution is -0.384. The number of nitro groups is 1. The molecular formula is C18H12N4O3S3. The highest BCUT2D eigenvalue weighted by atomic mass is 32.1. The summed E-state index contributed by atoms with van der Waals surface area (Å²) in [5.74, 6) is -0.365. The smallest absolute Gasteiger partial charge is 0.270 e. The molecule has 0 saturated heterocycles. The first kappa shape index (κ1) is 18.4. The predicted molar refractivity (Wildman–Crippen MR) is 117 cm³/mol. The molecule has 0 bridgehead atoms. The number of rotatable bonds is 3. The molecule has 2 aromatic heterocycles. The monoisotopic (exact) mass is 428 g/mol. The number of aromatic nitrogens is 1. The van der Waals surface area contributed by atoms with E-state index in [4.69, 9.17) is 12.2 Å². The molecule has 0 fully saturated rings. The number of nitrogens with one attached hydrogen (secondary N) is 2. The molecular weight excluding hydrogens is 416 g/mol. The molecule has 0 aliphatic rings. The topological polar surface area (TPSA) is 97.2 Å². The van der Waals surface area contributed by atoms with Crippen LogP contribution in [0.1, 0.15) is 14.7 Å². The Kier molecular flexibility index (Phi) is 4.75. The normalized spacial score (nSPS) is 10.9. The van der Waals surface area contributed by atoms with Crippen molar-refractivity contribution < 1.29 is 9.72 Å². The Morgan fingerprint density at radius 3 is 2.75 bits per heavy atom. The molecule has 10 heteroatoms. The van der Waals surface area contributed by atoms with Crippen molar-refractivity contribution in [3.8, 4) is 0 Å². The number of thiocarbonyl (C=S) groups is 1. The summed E-state index contributed by atoms with van der Waals surface area (Å²) in [5, 5.41) is 18.3. The van der Waals surface area contributed by atoms with Gasteiger partial charge in [-0.15, -0.1) is 22.7 Å². The molecule has 0 aliphatic carbocycles. The Morgan fingerprint density at radius 1 is 1.14 bits per heavy atom. The molecule has 0 spiro atoms. The number of fused-ring (bicyclic) bond motifs is 2. The number of aryl methyl sites for hydroxylation is 1. The molecule has 1 amide bonds. The molecule has 2 aromatic carbocycles. The number of thiazole rings is 1. The number of nitrogens with zero attached hydrogens (tertiary/aromatic N) is 2. The molecule has 0 aliphatic heterocycles. The van der Waals surface area contributed by atoms with Crippen LogP contribution < -0.4 is 10.6 Å². The second-order valence-corrected chi connectivity index (χ2v) is 8.64. The second kappa shape index (κ2) is 7.23. The highest BCUT2D eigenvalue weighted by Gasteiger charge is 2.14. The van der Waals surface area contributed by atoms with Gasteiger partial charge in [-0.25, -0.2) is 4.98 Å². The van der Waals surface area contributed by atoms with Gasteiger partial charge in [0.25, 0.3) is 11.6 Å². The van der Waals surface area contributed by atoms with Gasteiger partial charge in [0, 0.05) is 27.9 Å². The van der Waals surface area contributed by atoms with Crippen LogP contribution in [0.15, 0.2) is 42.5 Å². The van der Waals surface area contributed by atoms with Crippen molar-refractivity contribution >= 4 is 77.6 Å². The van der Waals surface area contributed by atoms with Crippen LogP contribution in [0, 0.1) is 17.0 Å². The molecule has 7 nitrogen and oxygen atoms in total. The molecule has 0 radical (unpaired) electrons. The summed E-state index contributed by atoms with van der Waals surface area (Å²) in [7, 11) is 0. The first-order chi connectivity index (χ1) is 13.4. The summed E-state index contributed by atoms with van der Waals surface area (Å²) in [6, 6.07) is 11.8. The van der Waals surface area contributed by atoms with E-state index in [2.05, 4.69) is 15.6 Å². The summed E-state index contributed by atoms with van der Waals surface area (Å²) in [4.78, 5) is 27.7. The fraction of sp³-hybridized carbons (Fsp3) is 0.0556. The molecule has 0 saturated carbocycles. The van der Waals surface area contributed by atoms with Gasteiger partial charge in [0.1, 0.15) is 0 Å².